The Bertz CT molecular complexity index is 855. The number of hydrogen-bond acceptors (Lipinski definition) is 2. The van der Waals surface area contributed by atoms with Gasteiger partial charge in [0.15, 0.2) is 0 Å². The van der Waals surface area contributed by atoms with Gasteiger partial charge >= 0.3 is 0 Å². The molecule has 2 aromatic carbocycles. The average molecular weight is 291 g/mol. The van der Waals surface area contributed by atoms with Crippen molar-refractivity contribution in [3.63, 3.8) is 0 Å². The van der Waals surface area contributed by atoms with Crippen molar-refractivity contribution in [3.05, 3.63) is 60.2 Å². The number of H-pyrrole nitrogens is 1. The molecule has 0 unspecified atom stereocenters. The first kappa shape index (κ1) is 13.9. The highest BCUT2D eigenvalue weighted by atomic mass is 15.3. The number of guanidine groups is 1. The van der Waals surface area contributed by atoms with E-state index in [4.69, 9.17) is 11.5 Å². The molecule has 0 fully saturated rings. The highest BCUT2D eigenvalue weighted by Crippen LogP contribution is 2.30. The summed E-state index contributed by atoms with van der Waals surface area (Å²) in [7, 11) is 0. The molecule has 5 N–H and O–H groups in total. The van der Waals surface area contributed by atoms with Crippen molar-refractivity contribution in [1.29, 1.82) is 0 Å². The molecule has 0 amide bonds. The molecule has 3 rings (SSSR count). The minimum atomic E-state index is -0.0551. The summed E-state index contributed by atoms with van der Waals surface area (Å²) in [5.41, 5.74) is 15.6. The summed E-state index contributed by atoms with van der Waals surface area (Å²) in [6.07, 6.45) is 0. The molecule has 0 aliphatic rings. The minimum Gasteiger partial charge on any atom is -0.369 e. The second kappa shape index (κ2) is 5.73. The normalized spacial score (nSPS) is 11.6. The lowest BCUT2D eigenvalue weighted by atomic mass is 10.0. The molecule has 5 nitrogen and oxygen atoms in total. The van der Waals surface area contributed by atoms with Crippen molar-refractivity contribution in [2.24, 2.45) is 21.7 Å². The maximum Gasteiger partial charge on any atom is 0.211 e. The molecule has 0 radical (unpaired) electrons. The van der Waals surface area contributed by atoms with Gasteiger partial charge in [0.2, 0.25) is 5.96 Å². The third-order valence-corrected chi connectivity index (χ3v) is 3.45. The zero-order valence-electron chi connectivity index (χ0n) is 12.2. The van der Waals surface area contributed by atoms with Crippen LogP contribution in [0.15, 0.2) is 64.8 Å². The second-order valence-corrected chi connectivity index (χ2v) is 5.00. The lowest BCUT2D eigenvalue weighted by molar-refractivity contribution is 1.20. The molecule has 0 saturated carbocycles. The molecule has 0 bridgehead atoms. The molecular weight excluding hydrogens is 274 g/mol. The highest BCUT2D eigenvalue weighted by Gasteiger charge is 2.15. The molecule has 110 valence electrons. The van der Waals surface area contributed by atoms with E-state index >= 15 is 0 Å². The zero-order chi connectivity index (χ0) is 15.5. The van der Waals surface area contributed by atoms with Crippen LogP contribution in [0.3, 0.4) is 0 Å². The average Bonchev–Trinajstić information content (AvgIpc) is 2.93. The Hall–Kier alpha value is -3.08. The van der Waals surface area contributed by atoms with Gasteiger partial charge in [-0.25, -0.2) is 0 Å². The maximum absolute atomic E-state index is 5.37. The fraction of sp³-hybridized carbons (Fsp3) is 0.0588. The fourth-order valence-corrected chi connectivity index (χ4v) is 2.52. The number of aromatic amines is 1. The van der Waals surface area contributed by atoms with E-state index in [2.05, 4.69) is 33.4 Å². The Morgan fingerprint density at radius 2 is 1.59 bits per heavy atom. The van der Waals surface area contributed by atoms with Crippen LogP contribution in [0.4, 0.5) is 0 Å². The topological polar surface area (TPSA) is 92.5 Å². The number of para-hydroxylation sites is 1. The predicted molar refractivity (Wildman–Crippen MR) is 91.8 cm³/mol. The number of nitrogens with two attached hydrogens (primary N) is 2. The number of rotatable bonds is 3. The van der Waals surface area contributed by atoms with E-state index in [0.717, 1.165) is 33.4 Å². The van der Waals surface area contributed by atoms with Crippen LogP contribution in [-0.4, -0.2) is 16.7 Å². The smallest absolute Gasteiger partial charge is 0.211 e. The van der Waals surface area contributed by atoms with Crippen LogP contribution in [0.5, 0.6) is 0 Å². The van der Waals surface area contributed by atoms with E-state index in [1.165, 1.54) is 0 Å². The predicted octanol–water partition coefficient (Wildman–Crippen LogP) is 2.83. The van der Waals surface area contributed by atoms with E-state index in [1.807, 2.05) is 43.3 Å². The molecule has 1 heterocycles. The van der Waals surface area contributed by atoms with Crippen LogP contribution >= 0.6 is 0 Å². The quantitative estimate of drug-likeness (QED) is 0.393. The lowest BCUT2D eigenvalue weighted by Gasteiger charge is -2.04. The van der Waals surface area contributed by atoms with Gasteiger partial charge in [-0.1, -0.05) is 48.5 Å². The molecule has 3 aromatic rings. The van der Waals surface area contributed by atoms with Crippen molar-refractivity contribution >= 4 is 22.6 Å². The van der Waals surface area contributed by atoms with Gasteiger partial charge in [-0.3, -0.25) is 0 Å². The van der Waals surface area contributed by atoms with E-state index in [0.29, 0.717) is 0 Å². The highest BCUT2D eigenvalue weighted by molar-refractivity contribution is 6.14. The first-order valence-corrected chi connectivity index (χ1v) is 6.96. The van der Waals surface area contributed by atoms with Gasteiger partial charge in [-0.2, -0.15) is 5.10 Å². The summed E-state index contributed by atoms with van der Waals surface area (Å²) in [5.74, 6) is -0.0551. The summed E-state index contributed by atoms with van der Waals surface area (Å²) in [6, 6.07) is 18.2. The van der Waals surface area contributed by atoms with Gasteiger partial charge in [0, 0.05) is 16.5 Å². The summed E-state index contributed by atoms with van der Waals surface area (Å²) in [6.45, 7) is 1.90. The van der Waals surface area contributed by atoms with Crippen molar-refractivity contribution in [3.8, 4) is 11.3 Å². The third kappa shape index (κ3) is 2.56. The van der Waals surface area contributed by atoms with Crippen molar-refractivity contribution in [1.82, 2.24) is 4.98 Å². The van der Waals surface area contributed by atoms with Crippen molar-refractivity contribution in [2.75, 3.05) is 0 Å². The molecule has 22 heavy (non-hydrogen) atoms. The largest absolute Gasteiger partial charge is 0.369 e. The van der Waals surface area contributed by atoms with E-state index in [-0.39, 0.29) is 5.96 Å². The molecule has 0 atom stereocenters. The maximum atomic E-state index is 5.37. The number of hydrogen-bond donors (Lipinski definition) is 3. The Morgan fingerprint density at radius 3 is 2.32 bits per heavy atom. The third-order valence-electron chi connectivity index (χ3n) is 3.45. The van der Waals surface area contributed by atoms with Gasteiger partial charge in [-0.05, 0) is 18.6 Å². The van der Waals surface area contributed by atoms with E-state index in [9.17, 15) is 0 Å². The first-order chi connectivity index (χ1) is 10.7. The molecule has 0 spiro atoms. The molecule has 0 aliphatic heterocycles. The molecular formula is C17H17N5. The summed E-state index contributed by atoms with van der Waals surface area (Å²) >= 11 is 0. The molecule has 1 aromatic heterocycles. The van der Waals surface area contributed by atoms with Gasteiger partial charge in [0.05, 0.1) is 11.4 Å². The van der Waals surface area contributed by atoms with Crippen LogP contribution in [0.1, 0.15) is 12.5 Å². The zero-order valence-corrected chi connectivity index (χ0v) is 12.2. The lowest BCUT2D eigenvalue weighted by Crippen LogP contribution is -2.22. The van der Waals surface area contributed by atoms with Crippen LogP contribution in [-0.2, 0) is 0 Å². The van der Waals surface area contributed by atoms with E-state index in [1.54, 1.807) is 0 Å². The second-order valence-electron chi connectivity index (χ2n) is 5.00. The van der Waals surface area contributed by atoms with Gasteiger partial charge in [-0.15, -0.1) is 5.10 Å². The summed E-state index contributed by atoms with van der Waals surface area (Å²) in [4.78, 5) is 3.46. The number of nitrogens with zero attached hydrogens (tertiary/aromatic N) is 2. The summed E-state index contributed by atoms with van der Waals surface area (Å²) < 4.78 is 0. The Morgan fingerprint density at radius 1 is 0.909 bits per heavy atom. The Labute approximate surface area is 128 Å². The minimum absolute atomic E-state index is 0.0551. The van der Waals surface area contributed by atoms with E-state index < -0.39 is 0 Å². The number of fused-ring (bicyclic) bond motifs is 1. The fourth-order valence-electron chi connectivity index (χ4n) is 2.52. The van der Waals surface area contributed by atoms with Crippen LogP contribution in [0, 0.1) is 0 Å². The SMILES string of the molecule is CC(=NN=C(N)N)c1c(-c2ccccc2)[nH]c2ccccc12. The van der Waals surface area contributed by atoms with Gasteiger partial charge < -0.3 is 16.5 Å². The van der Waals surface area contributed by atoms with Gasteiger partial charge in [0.1, 0.15) is 0 Å². The van der Waals surface area contributed by atoms with Crippen molar-refractivity contribution in [2.45, 2.75) is 6.92 Å². The Kier molecular flexibility index (Phi) is 3.62. The standard InChI is InChI=1S/C17H17N5/c1-11(21-22-17(18)19)15-13-9-5-6-10-14(13)20-16(15)12-7-3-2-4-8-12/h2-10,20H,1H3,(H4,18,19,22). The Balaban J connectivity index is 2.26. The monoisotopic (exact) mass is 291 g/mol. The molecule has 5 heteroatoms. The van der Waals surface area contributed by atoms with Crippen LogP contribution in [0.2, 0.25) is 0 Å². The van der Waals surface area contributed by atoms with Gasteiger partial charge in [0.25, 0.3) is 0 Å². The number of nitrogens with one attached hydrogen (secondary N) is 1. The van der Waals surface area contributed by atoms with Crippen LogP contribution in [0.25, 0.3) is 22.2 Å². The summed E-state index contributed by atoms with van der Waals surface area (Å²) in [5, 5.41) is 9.00. The van der Waals surface area contributed by atoms with Crippen LogP contribution < -0.4 is 11.5 Å². The number of aromatic nitrogens is 1. The molecule has 0 saturated heterocycles. The molecule has 0 aliphatic carbocycles. The van der Waals surface area contributed by atoms with Crippen molar-refractivity contribution < 1.29 is 0 Å². The first-order valence-electron chi connectivity index (χ1n) is 6.96. The number of benzene rings is 2.